The van der Waals surface area contributed by atoms with Crippen molar-refractivity contribution in [3.05, 3.63) is 69.0 Å². The Balaban J connectivity index is 1.54. The molecule has 1 aliphatic rings. The van der Waals surface area contributed by atoms with E-state index in [1.165, 1.54) is 4.68 Å². The number of aromatic amines is 1. The fraction of sp³-hybridized carbons (Fsp3) is 0.316. The van der Waals surface area contributed by atoms with Crippen LogP contribution in [0.4, 0.5) is 0 Å². The second-order valence-corrected chi connectivity index (χ2v) is 6.58. The van der Waals surface area contributed by atoms with Gasteiger partial charge in [-0.3, -0.25) is 19.5 Å². The van der Waals surface area contributed by atoms with Gasteiger partial charge in [-0.25, -0.2) is 4.68 Å². The zero-order chi connectivity index (χ0) is 18.3. The largest absolute Gasteiger partial charge is 0.348 e. The fourth-order valence-corrected chi connectivity index (χ4v) is 3.67. The van der Waals surface area contributed by atoms with Crippen molar-refractivity contribution in [2.24, 2.45) is 0 Å². The summed E-state index contributed by atoms with van der Waals surface area (Å²) < 4.78 is 3.39. The van der Waals surface area contributed by atoms with E-state index in [1.807, 2.05) is 30.2 Å². The van der Waals surface area contributed by atoms with Gasteiger partial charge >= 0.3 is 0 Å². The molecule has 0 saturated heterocycles. The highest BCUT2D eigenvalue weighted by molar-refractivity contribution is 5.80. The standard InChI is InChI=1S/C19H20N4O3/c1-13-16-7-4-9-21(16)11-12-22(13)17(24)8-10-23-19(26)15-6-3-2-5-14(15)18(25)20-23/h2-7,9,13H,8,10-12H2,1H3,(H,20,25)/t13-/m0/s1. The molecule has 0 saturated carbocycles. The van der Waals surface area contributed by atoms with E-state index in [0.717, 1.165) is 12.2 Å². The van der Waals surface area contributed by atoms with Crippen LogP contribution >= 0.6 is 0 Å². The molecule has 3 aromatic rings. The number of amides is 1. The molecular weight excluding hydrogens is 332 g/mol. The van der Waals surface area contributed by atoms with E-state index in [4.69, 9.17) is 0 Å². The van der Waals surface area contributed by atoms with Crippen LogP contribution in [0.5, 0.6) is 0 Å². The molecule has 0 bridgehead atoms. The predicted molar refractivity (Wildman–Crippen MR) is 98.0 cm³/mol. The molecule has 4 rings (SSSR count). The number of aromatic nitrogens is 3. The maximum Gasteiger partial charge on any atom is 0.273 e. The van der Waals surface area contributed by atoms with Crippen LogP contribution < -0.4 is 11.1 Å². The lowest BCUT2D eigenvalue weighted by Gasteiger charge is -2.35. The van der Waals surface area contributed by atoms with Crippen molar-refractivity contribution >= 4 is 16.7 Å². The monoisotopic (exact) mass is 352 g/mol. The van der Waals surface area contributed by atoms with Crippen molar-refractivity contribution in [1.29, 1.82) is 0 Å². The average molecular weight is 352 g/mol. The lowest BCUT2D eigenvalue weighted by molar-refractivity contribution is -0.134. The third kappa shape index (κ3) is 2.65. The summed E-state index contributed by atoms with van der Waals surface area (Å²) in [4.78, 5) is 39.2. The van der Waals surface area contributed by atoms with Gasteiger partial charge in [-0.1, -0.05) is 12.1 Å². The molecule has 0 aliphatic carbocycles. The molecule has 2 aromatic heterocycles. The van der Waals surface area contributed by atoms with Crippen molar-refractivity contribution in [1.82, 2.24) is 19.2 Å². The van der Waals surface area contributed by atoms with Crippen LogP contribution in [0, 0.1) is 0 Å². The van der Waals surface area contributed by atoms with Gasteiger partial charge in [0.15, 0.2) is 0 Å². The number of aryl methyl sites for hydroxylation is 1. The van der Waals surface area contributed by atoms with Crippen molar-refractivity contribution in [2.75, 3.05) is 6.54 Å². The van der Waals surface area contributed by atoms with Gasteiger partial charge < -0.3 is 9.47 Å². The van der Waals surface area contributed by atoms with Gasteiger partial charge in [0.25, 0.3) is 11.1 Å². The molecule has 1 aromatic carbocycles. The molecule has 7 heteroatoms. The van der Waals surface area contributed by atoms with Gasteiger partial charge in [0, 0.05) is 31.4 Å². The Morgan fingerprint density at radius 1 is 1.12 bits per heavy atom. The Morgan fingerprint density at radius 2 is 1.88 bits per heavy atom. The first kappa shape index (κ1) is 16.4. The number of hydrogen-bond acceptors (Lipinski definition) is 3. The minimum absolute atomic E-state index is 0.00127. The number of benzene rings is 1. The van der Waals surface area contributed by atoms with E-state index in [1.54, 1.807) is 24.3 Å². The van der Waals surface area contributed by atoms with Crippen LogP contribution in [0.25, 0.3) is 10.8 Å². The maximum absolute atomic E-state index is 12.7. The smallest absolute Gasteiger partial charge is 0.273 e. The van der Waals surface area contributed by atoms with Crippen LogP contribution in [0.3, 0.4) is 0 Å². The molecule has 1 amide bonds. The summed E-state index contributed by atoms with van der Waals surface area (Å²) in [6, 6.07) is 10.7. The van der Waals surface area contributed by atoms with Gasteiger partial charge in [-0.15, -0.1) is 0 Å². The Morgan fingerprint density at radius 3 is 2.69 bits per heavy atom. The van der Waals surface area contributed by atoms with Crippen LogP contribution in [-0.2, 0) is 17.9 Å². The average Bonchev–Trinajstić information content (AvgIpc) is 3.13. The minimum Gasteiger partial charge on any atom is -0.348 e. The minimum atomic E-state index is -0.322. The van der Waals surface area contributed by atoms with E-state index in [2.05, 4.69) is 9.67 Å². The number of rotatable bonds is 3. The first-order valence-corrected chi connectivity index (χ1v) is 8.72. The third-order valence-electron chi connectivity index (χ3n) is 5.10. The van der Waals surface area contributed by atoms with E-state index in [0.29, 0.717) is 17.3 Å². The summed E-state index contributed by atoms with van der Waals surface area (Å²) in [5.74, 6) is -0.0224. The first-order chi connectivity index (χ1) is 12.6. The molecule has 3 heterocycles. The summed E-state index contributed by atoms with van der Waals surface area (Å²) in [5.41, 5.74) is 0.506. The van der Waals surface area contributed by atoms with Crippen molar-refractivity contribution in [3.63, 3.8) is 0 Å². The van der Waals surface area contributed by atoms with E-state index < -0.39 is 0 Å². The molecule has 0 radical (unpaired) electrons. The number of carbonyl (C=O) groups excluding carboxylic acids is 1. The van der Waals surface area contributed by atoms with E-state index >= 15 is 0 Å². The lowest BCUT2D eigenvalue weighted by atomic mass is 10.1. The van der Waals surface area contributed by atoms with Crippen LogP contribution in [0.1, 0.15) is 25.1 Å². The summed E-state index contributed by atoms with van der Waals surface area (Å²) in [7, 11) is 0. The molecule has 0 unspecified atom stereocenters. The molecule has 1 aliphatic heterocycles. The molecule has 0 spiro atoms. The summed E-state index contributed by atoms with van der Waals surface area (Å²) in [5, 5.41) is 3.31. The quantitative estimate of drug-likeness (QED) is 0.775. The number of carbonyl (C=O) groups is 1. The Hall–Kier alpha value is -3.09. The summed E-state index contributed by atoms with van der Waals surface area (Å²) in [6.07, 6.45) is 2.19. The van der Waals surface area contributed by atoms with Gasteiger partial charge in [0.1, 0.15) is 0 Å². The van der Waals surface area contributed by atoms with Crippen molar-refractivity contribution < 1.29 is 4.79 Å². The molecule has 1 atom stereocenters. The molecule has 0 fully saturated rings. The number of hydrogen-bond donors (Lipinski definition) is 1. The first-order valence-electron chi connectivity index (χ1n) is 8.72. The highest BCUT2D eigenvalue weighted by Crippen LogP contribution is 2.25. The Bertz CT molecular complexity index is 1090. The normalized spacial score (nSPS) is 16.7. The molecule has 7 nitrogen and oxygen atoms in total. The van der Waals surface area contributed by atoms with Gasteiger partial charge in [0.2, 0.25) is 5.91 Å². The second-order valence-electron chi connectivity index (χ2n) is 6.58. The third-order valence-corrected chi connectivity index (χ3v) is 5.10. The summed E-state index contributed by atoms with van der Waals surface area (Å²) >= 11 is 0. The number of nitrogens with one attached hydrogen (secondary N) is 1. The number of nitrogens with zero attached hydrogens (tertiary/aromatic N) is 3. The Labute approximate surface area is 149 Å². The highest BCUT2D eigenvalue weighted by atomic mass is 16.2. The van der Waals surface area contributed by atoms with Crippen LogP contribution in [-0.4, -0.2) is 31.7 Å². The summed E-state index contributed by atoms with van der Waals surface area (Å²) in [6.45, 7) is 3.57. The van der Waals surface area contributed by atoms with Crippen molar-refractivity contribution in [2.45, 2.75) is 32.5 Å². The topological polar surface area (TPSA) is 80.1 Å². The SMILES string of the molecule is C[C@H]1c2cccn2CCN1C(=O)CCn1[nH]c(=O)c2ccccc2c1=O. The van der Waals surface area contributed by atoms with Crippen molar-refractivity contribution in [3.8, 4) is 0 Å². The van der Waals surface area contributed by atoms with Crippen LogP contribution in [0.2, 0.25) is 0 Å². The zero-order valence-electron chi connectivity index (χ0n) is 14.5. The predicted octanol–water partition coefficient (Wildman–Crippen LogP) is 1.48. The second kappa shape index (κ2) is 6.33. The maximum atomic E-state index is 12.7. The van der Waals surface area contributed by atoms with Crippen LogP contribution in [0.15, 0.2) is 52.2 Å². The van der Waals surface area contributed by atoms with Gasteiger partial charge in [-0.05, 0) is 31.2 Å². The Kier molecular flexibility index (Phi) is 3.99. The molecule has 26 heavy (non-hydrogen) atoms. The number of H-pyrrole nitrogens is 1. The fourth-order valence-electron chi connectivity index (χ4n) is 3.67. The molecule has 1 N–H and O–H groups in total. The molecular formula is C19H20N4O3. The highest BCUT2D eigenvalue weighted by Gasteiger charge is 2.27. The zero-order valence-corrected chi connectivity index (χ0v) is 14.5. The molecule has 134 valence electrons. The lowest BCUT2D eigenvalue weighted by Crippen LogP contribution is -2.41. The van der Waals surface area contributed by atoms with Gasteiger partial charge in [-0.2, -0.15) is 0 Å². The van der Waals surface area contributed by atoms with E-state index in [-0.39, 0.29) is 36.0 Å². The van der Waals surface area contributed by atoms with Gasteiger partial charge in [0.05, 0.1) is 23.4 Å². The number of fused-ring (bicyclic) bond motifs is 2. The van der Waals surface area contributed by atoms with E-state index in [9.17, 15) is 14.4 Å².